The van der Waals surface area contributed by atoms with Crippen molar-refractivity contribution >= 4 is 17.4 Å². The van der Waals surface area contributed by atoms with Crippen molar-refractivity contribution in [1.82, 2.24) is 10.2 Å². The lowest BCUT2D eigenvalue weighted by Crippen LogP contribution is -2.26. The van der Waals surface area contributed by atoms with Gasteiger partial charge in [0.1, 0.15) is 0 Å². The number of rotatable bonds is 7. The molecule has 0 unspecified atom stereocenters. The van der Waals surface area contributed by atoms with Crippen molar-refractivity contribution < 1.29 is 4.79 Å². The van der Waals surface area contributed by atoms with Gasteiger partial charge in [-0.1, -0.05) is 32.0 Å². The van der Waals surface area contributed by atoms with E-state index in [1.54, 1.807) is 6.07 Å². The van der Waals surface area contributed by atoms with E-state index in [9.17, 15) is 4.79 Å². The summed E-state index contributed by atoms with van der Waals surface area (Å²) in [4.78, 5) is 14.5. The number of amides is 1. The summed E-state index contributed by atoms with van der Waals surface area (Å²) in [5.41, 5.74) is 2.13. The van der Waals surface area contributed by atoms with Gasteiger partial charge in [-0.15, -0.1) is 10.2 Å². The number of hydrogen-bond donors (Lipinski definition) is 1. The lowest BCUT2D eigenvalue weighted by molar-refractivity contribution is 0.102. The van der Waals surface area contributed by atoms with Crippen LogP contribution in [-0.2, 0) is 0 Å². The second kappa shape index (κ2) is 8.27. The number of para-hydroxylation sites is 1. The van der Waals surface area contributed by atoms with Crippen molar-refractivity contribution in [2.24, 2.45) is 0 Å². The molecule has 23 heavy (non-hydrogen) atoms. The maximum absolute atomic E-state index is 12.3. The van der Waals surface area contributed by atoms with Crippen LogP contribution in [0.5, 0.6) is 0 Å². The number of benzene rings is 1. The van der Waals surface area contributed by atoms with Crippen molar-refractivity contribution in [2.75, 3.05) is 23.3 Å². The summed E-state index contributed by atoms with van der Waals surface area (Å²) in [5, 5.41) is 11.2. The van der Waals surface area contributed by atoms with Crippen LogP contribution < -0.4 is 10.2 Å². The van der Waals surface area contributed by atoms with E-state index < -0.39 is 0 Å². The Bertz CT molecular complexity index is 634. The summed E-state index contributed by atoms with van der Waals surface area (Å²) >= 11 is 0. The van der Waals surface area contributed by atoms with Gasteiger partial charge in [0.2, 0.25) is 0 Å². The average molecular weight is 312 g/mol. The Kier molecular flexibility index (Phi) is 6.09. The minimum atomic E-state index is -0.240. The Labute approximate surface area is 137 Å². The van der Waals surface area contributed by atoms with E-state index in [-0.39, 0.29) is 5.91 Å². The van der Waals surface area contributed by atoms with Gasteiger partial charge in [0, 0.05) is 18.8 Å². The fourth-order valence-corrected chi connectivity index (χ4v) is 2.40. The van der Waals surface area contributed by atoms with Crippen molar-refractivity contribution in [1.29, 1.82) is 0 Å². The molecule has 0 aliphatic rings. The zero-order valence-corrected chi connectivity index (χ0v) is 14.0. The molecule has 2 rings (SSSR count). The Hall–Kier alpha value is -2.43. The van der Waals surface area contributed by atoms with Crippen LogP contribution in [0.3, 0.4) is 0 Å². The van der Waals surface area contributed by atoms with Gasteiger partial charge in [0.05, 0.1) is 0 Å². The molecule has 0 aliphatic carbocycles. The molecule has 2 aromatic rings. The molecule has 0 bridgehead atoms. The van der Waals surface area contributed by atoms with E-state index in [1.165, 1.54) is 0 Å². The number of nitrogens with one attached hydrogen (secondary N) is 1. The van der Waals surface area contributed by atoms with Crippen LogP contribution in [0.2, 0.25) is 0 Å². The number of carbonyl (C=O) groups excluding carboxylic acids is 1. The summed E-state index contributed by atoms with van der Waals surface area (Å²) < 4.78 is 0. The van der Waals surface area contributed by atoms with Crippen LogP contribution in [0, 0.1) is 6.92 Å². The van der Waals surface area contributed by atoms with E-state index >= 15 is 0 Å². The molecule has 1 aromatic carbocycles. The van der Waals surface area contributed by atoms with E-state index in [0.717, 1.165) is 43.0 Å². The molecule has 0 spiro atoms. The van der Waals surface area contributed by atoms with E-state index in [0.29, 0.717) is 5.69 Å². The average Bonchev–Trinajstić information content (AvgIpc) is 2.57. The Balaban J connectivity index is 2.09. The zero-order chi connectivity index (χ0) is 16.7. The largest absolute Gasteiger partial charge is 0.355 e. The number of aromatic nitrogens is 2. The highest BCUT2D eigenvalue weighted by Crippen LogP contribution is 2.15. The van der Waals surface area contributed by atoms with Gasteiger partial charge in [-0.05, 0) is 43.5 Å². The van der Waals surface area contributed by atoms with Crippen LogP contribution in [0.1, 0.15) is 42.7 Å². The number of anilines is 2. The number of nitrogens with zero attached hydrogens (tertiary/aromatic N) is 3. The van der Waals surface area contributed by atoms with Gasteiger partial charge < -0.3 is 10.2 Å². The molecular weight excluding hydrogens is 288 g/mol. The minimum Gasteiger partial charge on any atom is -0.355 e. The molecule has 0 fully saturated rings. The van der Waals surface area contributed by atoms with Crippen LogP contribution in [-0.4, -0.2) is 29.2 Å². The van der Waals surface area contributed by atoms with Crippen LogP contribution >= 0.6 is 0 Å². The predicted molar refractivity (Wildman–Crippen MR) is 94.0 cm³/mol. The second-order valence-electron chi connectivity index (χ2n) is 5.53. The summed E-state index contributed by atoms with van der Waals surface area (Å²) in [7, 11) is 0. The number of carbonyl (C=O) groups is 1. The molecule has 122 valence electrons. The number of hydrogen-bond acceptors (Lipinski definition) is 4. The van der Waals surface area contributed by atoms with Gasteiger partial charge >= 0.3 is 0 Å². The highest BCUT2D eigenvalue weighted by Gasteiger charge is 2.12. The lowest BCUT2D eigenvalue weighted by Gasteiger charge is -2.21. The maximum Gasteiger partial charge on any atom is 0.276 e. The van der Waals surface area contributed by atoms with E-state index in [4.69, 9.17) is 0 Å². The Morgan fingerprint density at radius 2 is 1.74 bits per heavy atom. The van der Waals surface area contributed by atoms with Gasteiger partial charge in [0.25, 0.3) is 5.91 Å². The van der Waals surface area contributed by atoms with Crippen molar-refractivity contribution in [3.8, 4) is 0 Å². The molecule has 1 N–H and O–H groups in total. The maximum atomic E-state index is 12.3. The molecule has 0 aliphatic heterocycles. The summed E-state index contributed by atoms with van der Waals surface area (Å²) in [6, 6.07) is 11.3. The minimum absolute atomic E-state index is 0.240. The van der Waals surface area contributed by atoms with Crippen molar-refractivity contribution in [2.45, 2.75) is 33.6 Å². The fourth-order valence-electron chi connectivity index (χ4n) is 2.40. The first-order valence-electron chi connectivity index (χ1n) is 8.11. The summed E-state index contributed by atoms with van der Waals surface area (Å²) in [5.74, 6) is 0.581. The molecule has 1 heterocycles. The summed E-state index contributed by atoms with van der Waals surface area (Å²) in [6.07, 6.45) is 2.11. The Morgan fingerprint density at radius 3 is 2.30 bits per heavy atom. The van der Waals surface area contributed by atoms with Crippen molar-refractivity contribution in [3.05, 3.63) is 47.7 Å². The second-order valence-corrected chi connectivity index (χ2v) is 5.53. The monoisotopic (exact) mass is 312 g/mol. The quantitative estimate of drug-likeness (QED) is 0.847. The predicted octanol–water partition coefficient (Wildman–Crippen LogP) is 3.66. The standard InChI is InChI=1S/C18H24N4O/c1-4-12-22(13-5-2)17-11-10-16(20-21-17)18(23)19-15-9-7-6-8-14(15)3/h6-11H,4-5,12-13H2,1-3H3,(H,19,23). The molecule has 0 atom stereocenters. The molecule has 0 saturated heterocycles. The molecule has 0 radical (unpaired) electrons. The normalized spacial score (nSPS) is 10.4. The molecular formula is C18H24N4O. The molecule has 0 saturated carbocycles. The first-order valence-corrected chi connectivity index (χ1v) is 8.11. The lowest BCUT2D eigenvalue weighted by atomic mass is 10.2. The molecule has 1 amide bonds. The van der Waals surface area contributed by atoms with Gasteiger partial charge in [-0.3, -0.25) is 4.79 Å². The summed E-state index contributed by atoms with van der Waals surface area (Å²) in [6.45, 7) is 8.12. The van der Waals surface area contributed by atoms with Crippen molar-refractivity contribution in [3.63, 3.8) is 0 Å². The SMILES string of the molecule is CCCN(CCC)c1ccc(C(=O)Nc2ccccc2C)nn1. The Morgan fingerprint density at radius 1 is 1.04 bits per heavy atom. The fraction of sp³-hybridized carbons (Fsp3) is 0.389. The first kappa shape index (κ1) is 16.9. The molecule has 1 aromatic heterocycles. The van der Waals surface area contributed by atoms with Crippen LogP contribution in [0.25, 0.3) is 0 Å². The smallest absolute Gasteiger partial charge is 0.276 e. The number of aryl methyl sites for hydroxylation is 1. The molecule has 5 nitrogen and oxygen atoms in total. The zero-order valence-electron chi connectivity index (χ0n) is 14.0. The van der Waals surface area contributed by atoms with Gasteiger partial charge in [-0.25, -0.2) is 0 Å². The highest BCUT2D eigenvalue weighted by atomic mass is 16.1. The van der Waals surface area contributed by atoms with Gasteiger partial charge in [-0.2, -0.15) is 0 Å². The van der Waals surface area contributed by atoms with Gasteiger partial charge in [0.15, 0.2) is 11.5 Å². The highest BCUT2D eigenvalue weighted by molar-refractivity contribution is 6.03. The first-order chi connectivity index (χ1) is 11.2. The molecule has 5 heteroatoms. The van der Waals surface area contributed by atoms with Crippen LogP contribution in [0.15, 0.2) is 36.4 Å². The van der Waals surface area contributed by atoms with E-state index in [2.05, 4.69) is 34.3 Å². The van der Waals surface area contributed by atoms with E-state index in [1.807, 2.05) is 37.3 Å². The third-order valence-corrected chi connectivity index (χ3v) is 3.59. The third kappa shape index (κ3) is 4.52. The third-order valence-electron chi connectivity index (χ3n) is 3.59. The topological polar surface area (TPSA) is 58.1 Å². The van der Waals surface area contributed by atoms with Crippen LogP contribution in [0.4, 0.5) is 11.5 Å².